The van der Waals surface area contributed by atoms with E-state index in [1.165, 1.54) is 5.56 Å². The summed E-state index contributed by atoms with van der Waals surface area (Å²) in [5, 5.41) is 3.60. The first-order valence-electron chi connectivity index (χ1n) is 8.59. The topological polar surface area (TPSA) is 38.3 Å². The zero-order valence-electron chi connectivity index (χ0n) is 14.4. The second-order valence-electron chi connectivity index (χ2n) is 7.85. The van der Waals surface area contributed by atoms with Crippen molar-refractivity contribution in [1.29, 1.82) is 0 Å². The van der Waals surface area contributed by atoms with Gasteiger partial charge in [0.05, 0.1) is 17.6 Å². The molecule has 1 fully saturated rings. The summed E-state index contributed by atoms with van der Waals surface area (Å²) in [6, 6.07) is 16.3. The Bertz CT molecular complexity index is 776. The van der Waals surface area contributed by atoms with Crippen molar-refractivity contribution in [2.75, 3.05) is 5.32 Å². The SMILES string of the molecule is CC(C)(C)c1ccc2c(c1)N[C@@H]1[C@@H](CC(=O)[C@H]1c1ccccc1)O2. The van der Waals surface area contributed by atoms with Gasteiger partial charge in [-0.15, -0.1) is 0 Å². The first kappa shape index (κ1) is 15.3. The third-order valence-corrected chi connectivity index (χ3v) is 5.11. The van der Waals surface area contributed by atoms with Gasteiger partial charge in [-0.1, -0.05) is 57.2 Å². The summed E-state index contributed by atoms with van der Waals surface area (Å²) in [4.78, 5) is 12.6. The molecule has 3 nitrogen and oxygen atoms in total. The number of fused-ring (bicyclic) bond motifs is 2. The molecule has 1 aliphatic heterocycles. The van der Waals surface area contributed by atoms with Gasteiger partial charge in [-0.25, -0.2) is 0 Å². The van der Waals surface area contributed by atoms with E-state index < -0.39 is 0 Å². The average Bonchev–Trinajstić information content (AvgIpc) is 2.86. The molecule has 4 rings (SSSR count). The van der Waals surface area contributed by atoms with E-state index in [-0.39, 0.29) is 29.3 Å². The van der Waals surface area contributed by atoms with E-state index in [9.17, 15) is 4.79 Å². The minimum absolute atomic E-state index is 0.00242. The molecule has 0 radical (unpaired) electrons. The molecule has 0 spiro atoms. The molecule has 3 heteroatoms. The molecule has 1 aliphatic carbocycles. The van der Waals surface area contributed by atoms with Crippen LogP contribution in [-0.4, -0.2) is 17.9 Å². The van der Waals surface area contributed by atoms with Gasteiger partial charge < -0.3 is 10.1 Å². The monoisotopic (exact) mass is 321 g/mol. The molecule has 2 aromatic rings. The molecule has 1 heterocycles. The Morgan fingerprint density at radius 1 is 1.08 bits per heavy atom. The number of nitrogens with one attached hydrogen (secondary N) is 1. The van der Waals surface area contributed by atoms with Crippen molar-refractivity contribution in [3.05, 3.63) is 59.7 Å². The molecule has 0 aromatic heterocycles. The van der Waals surface area contributed by atoms with E-state index in [4.69, 9.17) is 4.74 Å². The molecule has 2 aliphatic rings. The minimum atomic E-state index is -0.136. The summed E-state index contributed by atoms with van der Waals surface area (Å²) in [6.07, 6.45) is 0.383. The van der Waals surface area contributed by atoms with Gasteiger partial charge in [0, 0.05) is 6.42 Å². The van der Waals surface area contributed by atoms with Gasteiger partial charge in [0.2, 0.25) is 0 Å². The van der Waals surface area contributed by atoms with Gasteiger partial charge in [0.15, 0.2) is 0 Å². The predicted molar refractivity (Wildman–Crippen MR) is 95.8 cm³/mol. The highest BCUT2D eigenvalue weighted by Gasteiger charge is 2.47. The van der Waals surface area contributed by atoms with Crippen LogP contribution in [0.5, 0.6) is 5.75 Å². The van der Waals surface area contributed by atoms with Crippen molar-refractivity contribution in [3.8, 4) is 5.75 Å². The summed E-state index contributed by atoms with van der Waals surface area (Å²) >= 11 is 0. The van der Waals surface area contributed by atoms with Gasteiger partial charge in [0.25, 0.3) is 0 Å². The highest BCUT2D eigenvalue weighted by atomic mass is 16.5. The number of ether oxygens (including phenoxy) is 1. The van der Waals surface area contributed by atoms with E-state index in [0.717, 1.165) is 17.0 Å². The van der Waals surface area contributed by atoms with Crippen molar-refractivity contribution < 1.29 is 9.53 Å². The van der Waals surface area contributed by atoms with Crippen LogP contribution >= 0.6 is 0 Å². The standard InChI is InChI=1S/C21H23NO2/c1-21(2,3)14-9-10-17-15(11-14)22-20-18(24-17)12-16(23)19(20)13-7-5-4-6-8-13/h4-11,18-20,22H,12H2,1-3H3/t18-,19-,20-/m1/s1. The fourth-order valence-electron chi connectivity index (χ4n) is 3.77. The molecule has 2 aromatic carbocycles. The number of anilines is 1. The lowest BCUT2D eigenvalue weighted by Crippen LogP contribution is -2.40. The highest BCUT2D eigenvalue weighted by molar-refractivity contribution is 5.91. The van der Waals surface area contributed by atoms with Gasteiger partial charge in [0.1, 0.15) is 17.6 Å². The maximum atomic E-state index is 12.6. The normalized spacial score (nSPS) is 25.5. The Morgan fingerprint density at radius 2 is 1.83 bits per heavy atom. The number of benzene rings is 2. The first-order valence-corrected chi connectivity index (χ1v) is 8.59. The Kier molecular flexibility index (Phi) is 3.41. The molecule has 24 heavy (non-hydrogen) atoms. The largest absolute Gasteiger partial charge is 0.486 e. The second kappa shape index (κ2) is 5.37. The smallest absolute Gasteiger partial charge is 0.146 e. The quantitative estimate of drug-likeness (QED) is 0.852. The first-order chi connectivity index (χ1) is 11.4. The number of hydrogen-bond donors (Lipinski definition) is 1. The molecule has 1 N–H and O–H groups in total. The summed E-state index contributed by atoms with van der Waals surface area (Å²) in [6.45, 7) is 6.60. The number of ketones is 1. The fourth-order valence-corrected chi connectivity index (χ4v) is 3.77. The Labute approximate surface area is 143 Å². The summed E-state index contributed by atoms with van der Waals surface area (Å²) < 4.78 is 6.16. The number of carbonyl (C=O) groups is 1. The van der Waals surface area contributed by atoms with Crippen LogP contribution in [0, 0.1) is 0 Å². The lowest BCUT2D eigenvalue weighted by atomic mass is 9.86. The summed E-state index contributed by atoms with van der Waals surface area (Å²) in [5.74, 6) is 0.973. The van der Waals surface area contributed by atoms with Crippen molar-refractivity contribution in [1.82, 2.24) is 0 Å². The van der Waals surface area contributed by atoms with Crippen LogP contribution in [0.1, 0.15) is 44.2 Å². The third-order valence-electron chi connectivity index (χ3n) is 5.11. The van der Waals surface area contributed by atoms with Crippen LogP contribution in [0.4, 0.5) is 5.69 Å². The van der Waals surface area contributed by atoms with Gasteiger partial charge >= 0.3 is 0 Å². The lowest BCUT2D eigenvalue weighted by molar-refractivity contribution is -0.119. The van der Waals surface area contributed by atoms with E-state index >= 15 is 0 Å². The van der Waals surface area contributed by atoms with Crippen LogP contribution in [0.25, 0.3) is 0 Å². The second-order valence-corrected chi connectivity index (χ2v) is 7.85. The van der Waals surface area contributed by atoms with E-state index in [1.54, 1.807) is 0 Å². The van der Waals surface area contributed by atoms with Crippen molar-refractivity contribution in [3.63, 3.8) is 0 Å². The lowest BCUT2D eigenvalue weighted by Gasteiger charge is -2.34. The van der Waals surface area contributed by atoms with Crippen LogP contribution in [0.15, 0.2) is 48.5 Å². The van der Waals surface area contributed by atoms with Crippen LogP contribution in [0.3, 0.4) is 0 Å². The summed E-state index contributed by atoms with van der Waals surface area (Å²) in [7, 11) is 0. The Morgan fingerprint density at radius 3 is 2.54 bits per heavy atom. The summed E-state index contributed by atoms with van der Waals surface area (Å²) in [5.41, 5.74) is 3.41. The van der Waals surface area contributed by atoms with Gasteiger partial charge in [-0.3, -0.25) is 4.79 Å². The molecule has 0 unspecified atom stereocenters. The Balaban J connectivity index is 1.70. The van der Waals surface area contributed by atoms with Gasteiger partial charge in [-0.05, 0) is 28.7 Å². The molecule has 1 saturated carbocycles. The zero-order chi connectivity index (χ0) is 16.9. The van der Waals surface area contributed by atoms with Crippen molar-refractivity contribution in [2.24, 2.45) is 0 Å². The third kappa shape index (κ3) is 2.48. The Hall–Kier alpha value is -2.29. The number of carbonyl (C=O) groups excluding carboxylic acids is 1. The van der Waals surface area contributed by atoms with Crippen LogP contribution in [-0.2, 0) is 10.2 Å². The highest BCUT2D eigenvalue weighted by Crippen LogP contribution is 2.43. The molecule has 0 saturated heterocycles. The minimum Gasteiger partial charge on any atom is -0.486 e. The molecule has 124 valence electrons. The number of hydrogen-bond acceptors (Lipinski definition) is 3. The van der Waals surface area contributed by atoms with E-state index in [2.05, 4.69) is 38.2 Å². The van der Waals surface area contributed by atoms with Crippen LogP contribution < -0.4 is 10.1 Å². The van der Waals surface area contributed by atoms with Crippen LogP contribution in [0.2, 0.25) is 0 Å². The van der Waals surface area contributed by atoms with Crippen molar-refractivity contribution in [2.45, 2.75) is 50.7 Å². The number of Topliss-reactive ketones (excluding diaryl/α,β-unsaturated/α-hetero) is 1. The molecular weight excluding hydrogens is 298 g/mol. The molecular formula is C21H23NO2. The van der Waals surface area contributed by atoms with E-state index in [0.29, 0.717) is 6.42 Å². The average molecular weight is 321 g/mol. The maximum Gasteiger partial charge on any atom is 0.146 e. The van der Waals surface area contributed by atoms with Crippen molar-refractivity contribution >= 4 is 11.5 Å². The molecule has 0 bridgehead atoms. The van der Waals surface area contributed by atoms with Gasteiger partial charge in [-0.2, -0.15) is 0 Å². The molecule has 3 atom stereocenters. The predicted octanol–water partition coefficient (Wildman–Crippen LogP) is 4.28. The fraction of sp³-hybridized carbons (Fsp3) is 0.381. The van der Waals surface area contributed by atoms with E-state index in [1.807, 2.05) is 36.4 Å². The maximum absolute atomic E-state index is 12.6. The zero-order valence-corrected chi connectivity index (χ0v) is 14.4. The number of rotatable bonds is 1. The molecule has 0 amide bonds.